The molecule has 4 saturated carbocycles. The zero-order chi connectivity index (χ0) is 18.4. The minimum Gasteiger partial charge on any atom is -0.451 e. The Bertz CT molecular complexity index is 797. The summed E-state index contributed by atoms with van der Waals surface area (Å²) in [7, 11) is 0. The van der Waals surface area contributed by atoms with Crippen molar-refractivity contribution in [1.29, 1.82) is 0 Å². The number of hydrogen-bond acceptors (Lipinski definition) is 4. The highest BCUT2D eigenvalue weighted by Crippen LogP contribution is 2.73. The van der Waals surface area contributed by atoms with Crippen LogP contribution in [0.4, 0.5) is 0 Å². The van der Waals surface area contributed by atoms with Gasteiger partial charge in [-0.05, 0) is 99.0 Å². The number of carbonyl (C=O) groups is 1. The first-order valence-electron chi connectivity index (χ1n) is 11.0. The fourth-order valence-electron chi connectivity index (χ4n) is 8.54. The lowest BCUT2D eigenvalue weighted by atomic mass is 9.49. The van der Waals surface area contributed by atoms with E-state index in [4.69, 9.17) is 4.74 Å². The molecule has 27 heavy (non-hydrogen) atoms. The van der Waals surface area contributed by atoms with Gasteiger partial charge in [0, 0.05) is 11.5 Å². The van der Waals surface area contributed by atoms with Crippen molar-refractivity contribution in [1.82, 2.24) is 0 Å². The monoisotopic (exact) mass is 367 g/mol. The molecule has 0 aromatic rings. The number of rotatable bonds is 1. The predicted molar refractivity (Wildman–Crippen MR) is 101 cm³/mol. The highest BCUT2D eigenvalue weighted by atomic mass is 16.6. The summed E-state index contributed by atoms with van der Waals surface area (Å²) in [5, 5.41) is 12.7. The van der Waals surface area contributed by atoms with Crippen molar-refractivity contribution in [3.8, 4) is 0 Å². The second kappa shape index (κ2) is 5.27. The van der Waals surface area contributed by atoms with E-state index in [0.29, 0.717) is 11.8 Å². The lowest BCUT2D eigenvalue weighted by Gasteiger charge is -2.56. The van der Waals surface area contributed by atoms with Gasteiger partial charge in [-0.1, -0.05) is 17.7 Å². The number of allylic oxidation sites excluding steroid dienone is 2. The van der Waals surface area contributed by atoms with Crippen LogP contribution in [-0.4, -0.2) is 22.5 Å². The molecule has 1 heterocycles. The van der Waals surface area contributed by atoms with E-state index in [9.17, 15) is 10.0 Å². The van der Waals surface area contributed by atoms with E-state index in [1.165, 1.54) is 25.7 Å². The van der Waals surface area contributed by atoms with E-state index in [-0.39, 0.29) is 17.0 Å². The zero-order valence-electron chi connectivity index (χ0n) is 16.1. The third-order valence-electron chi connectivity index (χ3n) is 9.54. The Labute approximate surface area is 160 Å². The van der Waals surface area contributed by atoms with E-state index >= 15 is 0 Å². The molecule has 5 unspecified atom stereocenters. The topological polar surface area (TPSA) is 58.9 Å². The molecule has 0 aromatic carbocycles. The van der Waals surface area contributed by atoms with E-state index in [2.05, 4.69) is 24.2 Å². The second-order valence-electron chi connectivity index (χ2n) is 9.97. The van der Waals surface area contributed by atoms with Gasteiger partial charge < -0.3 is 9.94 Å². The molecule has 0 radical (unpaired) electrons. The number of fused-ring (bicyclic) bond motifs is 9. The molecule has 0 bridgehead atoms. The van der Waals surface area contributed by atoms with Crippen LogP contribution in [0, 0.1) is 40.9 Å². The van der Waals surface area contributed by atoms with Crippen molar-refractivity contribution in [2.24, 2.45) is 46.1 Å². The summed E-state index contributed by atoms with van der Waals surface area (Å²) in [5.74, 6) is 4.36. The minimum atomic E-state index is -0.321. The molecule has 0 saturated heterocycles. The molecular weight excluding hydrogens is 338 g/mol. The van der Waals surface area contributed by atoms with Gasteiger partial charge in [0.15, 0.2) is 0 Å². The molecule has 8 atom stereocenters. The maximum Gasteiger partial charge on any atom is 0.331 e. The molecule has 6 rings (SSSR count). The number of ether oxygens (including phenoxy) is 1. The average Bonchev–Trinajstić information content (AvgIpc) is 3.32. The molecule has 6 aliphatic rings. The first kappa shape index (κ1) is 16.4. The quantitative estimate of drug-likeness (QED) is 0.422. The number of hydrogen-bond donors (Lipinski definition) is 1. The maximum absolute atomic E-state index is 12.0. The molecule has 1 spiro atoms. The standard InChI is InChI=1S/C23H29NO3/c1-2-22-8-5-15-14-4-3-13(24-26)11-16(14)17-12-18(17)21(15)19(22)6-9-23(22)10-7-20(25)27-23/h7,10-11,14-15,17-19,21,26H,2-6,8-9,12H2,1H3/b24-13-/t14-,15?,17?,18?,19?,21?,22+,23-/m1/s1. The highest BCUT2D eigenvalue weighted by Gasteiger charge is 2.70. The Kier molecular flexibility index (Phi) is 3.20. The number of carbonyl (C=O) groups excluding carboxylic acids is 1. The Balaban J connectivity index is 1.38. The molecule has 4 heteroatoms. The van der Waals surface area contributed by atoms with Gasteiger partial charge in [-0.15, -0.1) is 0 Å². The Morgan fingerprint density at radius 2 is 2.11 bits per heavy atom. The summed E-state index contributed by atoms with van der Waals surface area (Å²) >= 11 is 0. The van der Waals surface area contributed by atoms with Crippen molar-refractivity contribution >= 4 is 11.7 Å². The van der Waals surface area contributed by atoms with Crippen molar-refractivity contribution in [3.05, 3.63) is 23.8 Å². The predicted octanol–water partition coefficient (Wildman–Crippen LogP) is 4.49. The lowest BCUT2D eigenvalue weighted by molar-refractivity contribution is -0.165. The molecular formula is C23H29NO3. The van der Waals surface area contributed by atoms with Gasteiger partial charge in [0.05, 0.1) is 5.71 Å². The van der Waals surface area contributed by atoms with Gasteiger partial charge in [0.25, 0.3) is 0 Å². The van der Waals surface area contributed by atoms with Crippen LogP contribution < -0.4 is 0 Å². The molecule has 5 aliphatic carbocycles. The summed E-state index contributed by atoms with van der Waals surface area (Å²) in [6, 6.07) is 0. The van der Waals surface area contributed by atoms with Crippen LogP contribution >= 0.6 is 0 Å². The molecule has 4 nitrogen and oxygen atoms in total. The largest absolute Gasteiger partial charge is 0.451 e. The van der Waals surface area contributed by atoms with Crippen LogP contribution in [0.3, 0.4) is 0 Å². The van der Waals surface area contributed by atoms with Crippen molar-refractivity contribution < 1.29 is 14.7 Å². The van der Waals surface area contributed by atoms with Crippen LogP contribution in [0.1, 0.15) is 58.3 Å². The van der Waals surface area contributed by atoms with E-state index < -0.39 is 0 Å². The van der Waals surface area contributed by atoms with Crippen molar-refractivity contribution in [2.75, 3.05) is 0 Å². The van der Waals surface area contributed by atoms with Crippen LogP contribution in [0.25, 0.3) is 0 Å². The van der Waals surface area contributed by atoms with Crippen LogP contribution in [0.15, 0.2) is 29.0 Å². The van der Waals surface area contributed by atoms with Crippen LogP contribution in [0.5, 0.6) is 0 Å². The first-order valence-corrected chi connectivity index (χ1v) is 11.0. The molecule has 1 N–H and O–H groups in total. The second-order valence-corrected chi connectivity index (χ2v) is 9.97. The third-order valence-corrected chi connectivity index (χ3v) is 9.54. The molecule has 4 fully saturated rings. The lowest BCUT2D eigenvalue weighted by Crippen LogP contribution is -2.54. The fourth-order valence-corrected chi connectivity index (χ4v) is 8.54. The normalized spacial score (nSPS) is 53.4. The maximum atomic E-state index is 12.0. The van der Waals surface area contributed by atoms with Crippen molar-refractivity contribution in [3.63, 3.8) is 0 Å². The van der Waals surface area contributed by atoms with Gasteiger partial charge in [0.2, 0.25) is 0 Å². The van der Waals surface area contributed by atoms with E-state index in [0.717, 1.165) is 55.1 Å². The fraction of sp³-hybridized carbons (Fsp3) is 0.739. The Morgan fingerprint density at radius 1 is 1.22 bits per heavy atom. The summed E-state index contributed by atoms with van der Waals surface area (Å²) < 4.78 is 6.03. The van der Waals surface area contributed by atoms with Crippen LogP contribution in [-0.2, 0) is 9.53 Å². The molecule has 144 valence electrons. The third kappa shape index (κ3) is 1.90. The number of oxime groups is 1. The minimum absolute atomic E-state index is 0.133. The Morgan fingerprint density at radius 3 is 2.85 bits per heavy atom. The first-order chi connectivity index (χ1) is 13.1. The summed E-state index contributed by atoms with van der Waals surface area (Å²) in [6.07, 6.45) is 15.2. The number of nitrogens with zero attached hydrogens (tertiary/aromatic N) is 1. The Hall–Kier alpha value is -1.58. The zero-order valence-corrected chi connectivity index (χ0v) is 16.1. The molecule has 1 aliphatic heterocycles. The van der Waals surface area contributed by atoms with Crippen LogP contribution in [0.2, 0.25) is 0 Å². The van der Waals surface area contributed by atoms with Gasteiger partial charge in [0.1, 0.15) is 5.60 Å². The van der Waals surface area contributed by atoms with E-state index in [1.807, 2.05) is 0 Å². The highest BCUT2D eigenvalue weighted by molar-refractivity contribution is 5.96. The van der Waals surface area contributed by atoms with E-state index in [1.54, 1.807) is 11.6 Å². The smallest absolute Gasteiger partial charge is 0.331 e. The van der Waals surface area contributed by atoms with Gasteiger partial charge >= 0.3 is 5.97 Å². The summed E-state index contributed by atoms with van der Waals surface area (Å²) in [4.78, 5) is 12.0. The van der Waals surface area contributed by atoms with Crippen molar-refractivity contribution in [2.45, 2.75) is 63.9 Å². The average molecular weight is 367 g/mol. The summed E-state index contributed by atoms with van der Waals surface area (Å²) in [6.45, 7) is 2.32. The number of esters is 1. The SMILES string of the molecule is CC[C@]12CCC3C(C4CC4C4=C/C(=N\O)CC[C@@H]43)C1CC[C@@]21C=CC(=O)O1. The van der Waals surface area contributed by atoms with Gasteiger partial charge in [-0.2, -0.15) is 0 Å². The molecule has 0 amide bonds. The molecule has 0 aromatic heterocycles. The van der Waals surface area contributed by atoms with Gasteiger partial charge in [-0.25, -0.2) is 4.79 Å². The van der Waals surface area contributed by atoms with Gasteiger partial charge in [-0.3, -0.25) is 0 Å². The summed E-state index contributed by atoms with van der Waals surface area (Å²) in [5.41, 5.74) is 2.31.